The number of hydrogen-bond donors (Lipinski definition) is 0. The van der Waals surface area contributed by atoms with Crippen molar-refractivity contribution in [3.8, 4) is 17.7 Å². The van der Waals surface area contributed by atoms with E-state index in [-0.39, 0.29) is 27.8 Å². The van der Waals surface area contributed by atoms with E-state index in [1.54, 1.807) is 30.3 Å². The number of pyridine rings is 1. The molecule has 0 unspecified atom stereocenters. The molecule has 3 rings (SSSR count). The summed E-state index contributed by atoms with van der Waals surface area (Å²) in [5, 5.41) is 9.83. The zero-order valence-corrected chi connectivity index (χ0v) is 15.9. The van der Waals surface area contributed by atoms with Crippen LogP contribution in [0.15, 0.2) is 53.0 Å². The molecule has 2 heterocycles. The quantitative estimate of drug-likeness (QED) is 0.364. The summed E-state index contributed by atoms with van der Waals surface area (Å²) in [5.74, 6) is -0.822. The SMILES string of the molecule is COC(=O)C(C#N)=Cc1c(Oc2ccc(Cl)cc2Cl)nc2ccccn2c1=O. The lowest BCUT2D eigenvalue weighted by Gasteiger charge is -2.11. The lowest BCUT2D eigenvalue weighted by Crippen LogP contribution is -2.19. The molecule has 7 nitrogen and oxygen atoms in total. The number of ether oxygens (including phenoxy) is 2. The molecule has 28 heavy (non-hydrogen) atoms. The van der Waals surface area contributed by atoms with Crippen LogP contribution in [0.5, 0.6) is 11.6 Å². The van der Waals surface area contributed by atoms with Gasteiger partial charge in [0, 0.05) is 11.2 Å². The molecule has 0 saturated heterocycles. The Bertz CT molecular complexity index is 1210. The summed E-state index contributed by atoms with van der Waals surface area (Å²) in [7, 11) is 1.13. The number of aromatic nitrogens is 2. The summed E-state index contributed by atoms with van der Waals surface area (Å²) in [6.45, 7) is 0. The maximum atomic E-state index is 12.9. The minimum atomic E-state index is -0.893. The predicted molar refractivity (Wildman–Crippen MR) is 104 cm³/mol. The minimum absolute atomic E-state index is 0.114. The van der Waals surface area contributed by atoms with Gasteiger partial charge in [0.15, 0.2) is 0 Å². The number of halogens is 2. The highest BCUT2D eigenvalue weighted by molar-refractivity contribution is 6.35. The third-order valence-corrected chi connectivity index (χ3v) is 4.18. The van der Waals surface area contributed by atoms with Crippen molar-refractivity contribution in [2.45, 2.75) is 0 Å². The number of nitriles is 1. The van der Waals surface area contributed by atoms with E-state index in [1.807, 2.05) is 0 Å². The molecule has 0 radical (unpaired) electrons. The van der Waals surface area contributed by atoms with Crippen LogP contribution in [-0.2, 0) is 9.53 Å². The molecule has 0 spiro atoms. The van der Waals surface area contributed by atoms with Gasteiger partial charge in [0.25, 0.3) is 5.56 Å². The Labute approximate surface area is 169 Å². The highest BCUT2D eigenvalue weighted by Gasteiger charge is 2.18. The standard InChI is InChI=1S/C19H11Cl2N3O4/c1-27-19(26)11(10-22)8-13-17(28-15-6-5-12(20)9-14(15)21)23-16-4-2-3-7-24(16)18(13)25/h2-9H,1H3. The van der Waals surface area contributed by atoms with E-state index < -0.39 is 11.5 Å². The largest absolute Gasteiger partial charge is 0.465 e. The summed E-state index contributed by atoms with van der Waals surface area (Å²) >= 11 is 12.0. The monoisotopic (exact) mass is 415 g/mol. The number of hydrogen-bond acceptors (Lipinski definition) is 6. The Morgan fingerprint density at radius 2 is 2.07 bits per heavy atom. The van der Waals surface area contributed by atoms with Crippen molar-refractivity contribution < 1.29 is 14.3 Å². The highest BCUT2D eigenvalue weighted by Crippen LogP contribution is 2.32. The van der Waals surface area contributed by atoms with Crippen molar-refractivity contribution >= 4 is 40.9 Å². The highest BCUT2D eigenvalue weighted by atomic mass is 35.5. The molecule has 0 atom stereocenters. The van der Waals surface area contributed by atoms with Crippen LogP contribution in [0.25, 0.3) is 11.7 Å². The van der Waals surface area contributed by atoms with Crippen LogP contribution in [-0.4, -0.2) is 22.5 Å². The third-order valence-electron chi connectivity index (χ3n) is 3.65. The number of esters is 1. The molecule has 0 aliphatic heterocycles. The molecule has 0 amide bonds. The Balaban J connectivity index is 2.25. The fourth-order valence-electron chi connectivity index (χ4n) is 2.34. The Morgan fingerprint density at radius 3 is 2.75 bits per heavy atom. The first kappa shape index (κ1) is 19.4. The van der Waals surface area contributed by atoms with Gasteiger partial charge in [0.05, 0.1) is 12.1 Å². The molecule has 140 valence electrons. The first-order chi connectivity index (χ1) is 13.4. The number of fused-ring (bicyclic) bond motifs is 1. The van der Waals surface area contributed by atoms with Gasteiger partial charge < -0.3 is 9.47 Å². The predicted octanol–water partition coefficient (Wildman–Crippen LogP) is 3.87. The number of rotatable bonds is 4. The Morgan fingerprint density at radius 1 is 1.29 bits per heavy atom. The van der Waals surface area contributed by atoms with Crippen LogP contribution in [0.2, 0.25) is 10.0 Å². The average molecular weight is 416 g/mol. The first-order valence-corrected chi connectivity index (χ1v) is 8.54. The van der Waals surface area contributed by atoms with Gasteiger partial charge in [0.2, 0.25) is 5.88 Å². The van der Waals surface area contributed by atoms with Gasteiger partial charge in [-0.1, -0.05) is 29.3 Å². The van der Waals surface area contributed by atoms with E-state index in [9.17, 15) is 14.9 Å². The molecular formula is C19H11Cl2N3O4. The molecule has 0 N–H and O–H groups in total. The second-order valence-electron chi connectivity index (χ2n) is 5.40. The van der Waals surface area contributed by atoms with Crippen molar-refractivity contribution in [1.82, 2.24) is 9.38 Å². The normalized spacial score (nSPS) is 11.1. The van der Waals surface area contributed by atoms with Gasteiger partial charge in [-0.2, -0.15) is 10.2 Å². The summed E-state index contributed by atoms with van der Waals surface area (Å²) in [4.78, 5) is 29.0. The van der Waals surface area contributed by atoms with E-state index in [2.05, 4.69) is 9.72 Å². The zero-order chi connectivity index (χ0) is 20.3. The number of methoxy groups -OCH3 is 1. The molecule has 0 aliphatic rings. The molecule has 0 fully saturated rings. The molecule has 0 aliphatic carbocycles. The van der Waals surface area contributed by atoms with Crippen LogP contribution in [0.4, 0.5) is 0 Å². The van der Waals surface area contributed by atoms with Crippen LogP contribution < -0.4 is 10.3 Å². The van der Waals surface area contributed by atoms with Crippen LogP contribution in [0.3, 0.4) is 0 Å². The van der Waals surface area contributed by atoms with E-state index in [0.29, 0.717) is 10.7 Å². The van der Waals surface area contributed by atoms with Crippen molar-refractivity contribution in [2.75, 3.05) is 7.11 Å². The summed E-state index contributed by atoms with van der Waals surface area (Å²) < 4.78 is 11.5. The smallest absolute Gasteiger partial charge is 0.348 e. The van der Waals surface area contributed by atoms with Gasteiger partial charge in [-0.05, 0) is 36.4 Å². The van der Waals surface area contributed by atoms with Crippen molar-refractivity contribution in [1.29, 1.82) is 5.26 Å². The molecule has 2 aromatic heterocycles. The van der Waals surface area contributed by atoms with Gasteiger partial charge in [-0.25, -0.2) is 4.79 Å². The number of carbonyl (C=O) groups excluding carboxylic acids is 1. The van der Waals surface area contributed by atoms with E-state index in [1.165, 1.54) is 22.7 Å². The lowest BCUT2D eigenvalue weighted by atomic mass is 10.2. The third kappa shape index (κ3) is 3.83. The summed E-state index contributed by atoms with van der Waals surface area (Å²) in [6.07, 6.45) is 2.57. The van der Waals surface area contributed by atoms with Gasteiger partial charge >= 0.3 is 5.97 Å². The second-order valence-corrected chi connectivity index (χ2v) is 6.25. The lowest BCUT2D eigenvalue weighted by molar-refractivity contribution is -0.135. The molecular weight excluding hydrogens is 405 g/mol. The summed E-state index contributed by atoms with van der Waals surface area (Å²) in [5.41, 5.74) is -0.732. The first-order valence-electron chi connectivity index (χ1n) is 7.79. The van der Waals surface area contributed by atoms with Gasteiger partial charge in [-0.15, -0.1) is 0 Å². The van der Waals surface area contributed by atoms with E-state index in [4.69, 9.17) is 27.9 Å². The van der Waals surface area contributed by atoms with Crippen LogP contribution in [0, 0.1) is 11.3 Å². The number of carbonyl (C=O) groups is 1. The number of nitrogens with zero attached hydrogens (tertiary/aromatic N) is 3. The van der Waals surface area contributed by atoms with Crippen molar-refractivity contribution in [2.24, 2.45) is 0 Å². The fourth-order valence-corrected chi connectivity index (χ4v) is 2.78. The fraction of sp³-hybridized carbons (Fsp3) is 0.0526. The van der Waals surface area contributed by atoms with Crippen LogP contribution >= 0.6 is 23.2 Å². The Hall–Kier alpha value is -3.34. The minimum Gasteiger partial charge on any atom is -0.465 e. The topological polar surface area (TPSA) is 93.7 Å². The second kappa shape index (κ2) is 8.13. The maximum Gasteiger partial charge on any atom is 0.348 e. The van der Waals surface area contributed by atoms with E-state index in [0.717, 1.165) is 13.2 Å². The summed E-state index contributed by atoms with van der Waals surface area (Å²) in [6, 6.07) is 11.2. The molecule has 0 bridgehead atoms. The molecule has 3 aromatic rings. The number of benzene rings is 1. The van der Waals surface area contributed by atoms with Gasteiger partial charge in [0.1, 0.15) is 28.6 Å². The molecule has 1 aromatic carbocycles. The Kier molecular flexibility index (Phi) is 5.64. The van der Waals surface area contributed by atoms with Gasteiger partial charge in [-0.3, -0.25) is 9.20 Å². The molecule has 9 heteroatoms. The van der Waals surface area contributed by atoms with E-state index >= 15 is 0 Å². The van der Waals surface area contributed by atoms with Crippen molar-refractivity contribution in [3.63, 3.8) is 0 Å². The van der Waals surface area contributed by atoms with Crippen LogP contribution in [0.1, 0.15) is 5.56 Å². The molecule has 0 saturated carbocycles. The van der Waals surface area contributed by atoms with Crippen molar-refractivity contribution in [3.05, 3.63) is 74.1 Å². The average Bonchev–Trinajstić information content (AvgIpc) is 2.69. The zero-order valence-electron chi connectivity index (χ0n) is 14.3. The maximum absolute atomic E-state index is 12.9.